The summed E-state index contributed by atoms with van der Waals surface area (Å²) >= 11 is 0. The number of aromatic nitrogens is 4. The largest absolute Gasteiger partial charge is 0.462 e. The van der Waals surface area contributed by atoms with Gasteiger partial charge < -0.3 is 29.7 Å². The smallest absolute Gasteiger partial charge is 0.348 e. The fourth-order valence-corrected chi connectivity index (χ4v) is 4.73. The first kappa shape index (κ1) is 27.2. The van der Waals surface area contributed by atoms with E-state index in [4.69, 9.17) is 19.9 Å². The number of nitrogen functional groups attached to an aromatic ring is 1. The molecule has 0 radical (unpaired) electrons. The van der Waals surface area contributed by atoms with Crippen LogP contribution in [0.25, 0.3) is 11.2 Å². The third-order valence-corrected chi connectivity index (χ3v) is 6.78. The maximum Gasteiger partial charge on any atom is 0.348 e. The lowest BCUT2D eigenvalue weighted by molar-refractivity contribution is -0.0408. The lowest BCUT2D eigenvalue weighted by Gasteiger charge is -2.24. The van der Waals surface area contributed by atoms with E-state index >= 15 is 0 Å². The quantitative estimate of drug-likeness (QED) is 0.210. The maximum absolute atomic E-state index is 13.2. The summed E-state index contributed by atoms with van der Waals surface area (Å²) in [5.74, 6) is -1.40. The molecule has 40 heavy (non-hydrogen) atoms. The van der Waals surface area contributed by atoms with Crippen LogP contribution in [0.3, 0.4) is 0 Å². The number of ether oxygens (including phenoxy) is 3. The first-order valence-electron chi connectivity index (χ1n) is 12.0. The van der Waals surface area contributed by atoms with Gasteiger partial charge in [-0.3, -0.25) is 9.13 Å². The molecule has 0 saturated carbocycles. The van der Waals surface area contributed by atoms with Crippen LogP contribution < -0.4 is 5.73 Å². The highest BCUT2D eigenvalue weighted by Crippen LogP contribution is 2.42. The second-order valence-electron chi connectivity index (χ2n) is 8.87. The summed E-state index contributed by atoms with van der Waals surface area (Å²) in [6.07, 6.45) is 0.529. The van der Waals surface area contributed by atoms with E-state index in [0.717, 1.165) is 6.08 Å². The Labute approximate surface area is 227 Å². The zero-order valence-corrected chi connectivity index (χ0v) is 21.7. The van der Waals surface area contributed by atoms with Crippen molar-refractivity contribution < 1.29 is 38.2 Å². The molecule has 0 amide bonds. The van der Waals surface area contributed by atoms with Crippen molar-refractivity contribution in [2.45, 2.75) is 18.4 Å². The SMILES string of the molecule is Nc1ncnc2c1ncn2[C@@H]1O[C@H](C=CP(=O)(O)O)[C@@H](COC(=O)c2ccccc2)[C@H]1OC(=O)c1ccccc1. The molecule has 0 aliphatic carbocycles. The number of esters is 2. The number of imidazole rings is 1. The van der Waals surface area contributed by atoms with Crippen molar-refractivity contribution in [2.24, 2.45) is 5.92 Å². The monoisotopic (exact) mass is 565 g/mol. The minimum Gasteiger partial charge on any atom is -0.462 e. The van der Waals surface area contributed by atoms with Gasteiger partial charge in [0.15, 0.2) is 23.8 Å². The zero-order chi connectivity index (χ0) is 28.3. The molecule has 3 heterocycles. The minimum atomic E-state index is -4.58. The normalized spacial score (nSPS) is 21.1. The number of anilines is 1. The van der Waals surface area contributed by atoms with E-state index in [1.165, 1.54) is 17.2 Å². The van der Waals surface area contributed by atoms with Crippen molar-refractivity contribution in [1.29, 1.82) is 0 Å². The van der Waals surface area contributed by atoms with Crippen molar-refractivity contribution in [3.8, 4) is 0 Å². The van der Waals surface area contributed by atoms with E-state index in [-0.39, 0.29) is 29.2 Å². The molecule has 0 spiro atoms. The summed E-state index contributed by atoms with van der Waals surface area (Å²) in [4.78, 5) is 57.2. The van der Waals surface area contributed by atoms with E-state index in [0.29, 0.717) is 11.4 Å². The molecule has 1 saturated heterocycles. The Morgan fingerprint density at radius 2 is 1.65 bits per heavy atom. The molecule has 1 fully saturated rings. The molecule has 0 unspecified atom stereocenters. The van der Waals surface area contributed by atoms with Gasteiger partial charge in [-0.2, -0.15) is 0 Å². The van der Waals surface area contributed by atoms with Gasteiger partial charge in [-0.05, 0) is 30.3 Å². The Morgan fingerprint density at radius 3 is 2.30 bits per heavy atom. The van der Waals surface area contributed by atoms with Crippen LogP contribution in [0.15, 0.2) is 85.2 Å². The second kappa shape index (κ2) is 11.4. The zero-order valence-electron chi connectivity index (χ0n) is 20.8. The highest BCUT2D eigenvalue weighted by atomic mass is 31.2. The maximum atomic E-state index is 13.2. The van der Waals surface area contributed by atoms with Crippen LogP contribution in [-0.4, -0.2) is 60.1 Å². The van der Waals surface area contributed by atoms with Gasteiger partial charge in [0.2, 0.25) is 0 Å². The molecule has 4 N–H and O–H groups in total. The molecule has 1 aliphatic rings. The highest BCUT2D eigenvalue weighted by Gasteiger charge is 2.48. The Bertz CT molecular complexity index is 1590. The number of benzene rings is 2. The van der Waals surface area contributed by atoms with Gasteiger partial charge in [-0.1, -0.05) is 36.4 Å². The van der Waals surface area contributed by atoms with Crippen LogP contribution in [0.1, 0.15) is 26.9 Å². The molecular weight excluding hydrogens is 541 g/mol. The molecule has 2 aromatic heterocycles. The molecule has 4 atom stereocenters. The van der Waals surface area contributed by atoms with E-state index in [1.54, 1.807) is 60.7 Å². The van der Waals surface area contributed by atoms with Gasteiger partial charge in [0.05, 0.1) is 29.5 Å². The average Bonchev–Trinajstić information content (AvgIpc) is 3.53. The first-order valence-corrected chi connectivity index (χ1v) is 13.7. The second-order valence-corrected chi connectivity index (χ2v) is 10.3. The Balaban J connectivity index is 1.53. The number of nitrogens with two attached hydrogens (primary N) is 1. The van der Waals surface area contributed by atoms with Crippen LogP contribution in [0.5, 0.6) is 0 Å². The molecule has 2 aromatic carbocycles. The summed E-state index contributed by atoms with van der Waals surface area (Å²) in [6, 6.07) is 16.5. The standard InChI is InChI=1S/C26H24N5O8P/c27-22-20-23(29-14-28-22)31(15-30-20)24-21(39-26(33)17-9-5-2-6-10-17)18(19(38-24)11-12-40(34,35)36)13-37-25(32)16-7-3-1-4-8-16/h1-12,14-15,18-19,21,24H,13H2,(H2,27,28,29)(H2,34,35,36)/t18-,19-,21-,24-/m1/s1. The summed E-state index contributed by atoms with van der Waals surface area (Å²) in [5, 5.41) is 0. The Morgan fingerprint density at radius 1 is 1.00 bits per heavy atom. The van der Waals surface area contributed by atoms with Crippen molar-refractivity contribution in [1.82, 2.24) is 19.5 Å². The number of carbonyl (C=O) groups excluding carboxylic acids is 2. The summed E-state index contributed by atoms with van der Waals surface area (Å²) < 4.78 is 30.8. The van der Waals surface area contributed by atoms with E-state index in [9.17, 15) is 23.9 Å². The predicted molar refractivity (Wildman–Crippen MR) is 141 cm³/mol. The van der Waals surface area contributed by atoms with E-state index < -0.39 is 43.9 Å². The fraction of sp³-hybridized carbons (Fsp3) is 0.192. The highest BCUT2D eigenvalue weighted by molar-refractivity contribution is 7.55. The van der Waals surface area contributed by atoms with Gasteiger partial charge in [-0.15, -0.1) is 0 Å². The Hall–Kier alpha value is -4.42. The lowest BCUT2D eigenvalue weighted by Crippen LogP contribution is -2.35. The third kappa shape index (κ3) is 5.92. The van der Waals surface area contributed by atoms with Crippen LogP contribution >= 0.6 is 7.60 Å². The van der Waals surface area contributed by atoms with Crippen molar-refractivity contribution >= 4 is 36.5 Å². The van der Waals surface area contributed by atoms with E-state index in [1.807, 2.05) is 0 Å². The van der Waals surface area contributed by atoms with Crippen molar-refractivity contribution in [3.05, 3.63) is 96.3 Å². The fourth-order valence-electron chi connectivity index (χ4n) is 4.33. The van der Waals surface area contributed by atoms with Gasteiger partial charge in [0.1, 0.15) is 18.5 Å². The molecule has 13 nitrogen and oxygen atoms in total. The topological polar surface area (TPSA) is 189 Å². The number of rotatable bonds is 8. The van der Waals surface area contributed by atoms with Crippen LogP contribution in [0, 0.1) is 5.92 Å². The van der Waals surface area contributed by atoms with Crippen LogP contribution in [0.2, 0.25) is 0 Å². The minimum absolute atomic E-state index is 0.117. The third-order valence-electron chi connectivity index (χ3n) is 6.22. The van der Waals surface area contributed by atoms with Crippen molar-refractivity contribution in [3.63, 3.8) is 0 Å². The molecule has 14 heteroatoms. The average molecular weight is 565 g/mol. The lowest BCUT2D eigenvalue weighted by atomic mass is 9.98. The van der Waals surface area contributed by atoms with Gasteiger partial charge >= 0.3 is 19.5 Å². The van der Waals surface area contributed by atoms with Gasteiger partial charge in [-0.25, -0.2) is 24.5 Å². The first-order chi connectivity index (χ1) is 19.2. The number of nitrogens with zero attached hydrogens (tertiary/aromatic N) is 4. The molecule has 5 rings (SSSR count). The predicted octanol–water partition coefficient (Wildman–Crippen LogP) is 2.70. The van der Waals surface area contributed by atoms with Crippen molar-refractivity contribution in [2.75, 3.05) is 12.3 Å². The number of hydrogen-bond donors (Lipinski definition) is 3. The summed E-state index contributed by atoms with van der Waals surface area (Å²) in [7, 11) is -4.58. The molecule has 4 aromatic rings. The number of fused-ring (bicyclic) bond motifs is 1. The summed E-state index contributed by atoms with van der Waals surface area (Å²) in [5.41, 5.74) is 7.05. The van der Waals surface area contributed by atoms with Gasteiger partial charge in [0, 0.05) is 5.82 Å². The van der Waals surface area contributed by atoms with Crippen LogP contribution in [0.4, 0.5) is 5.82 Å². The molecule has 0 bridgehead atoms. The number of carbonyl (C=O) groups is 2. The van der Waals surface area contributed by atoms with Gasteiger partial charge in [0.25, 0.3) is 0 Å². The Kier molecular flexibility index (Phi) is 7.71. The molecule has 1 aliphatic heterocycles. The van der Waals surface area contributed by atoms with E-state index in [2.05, 4.69) is 15.0 Å². The number of hydrogen-bond acceptors (Lipinski definition) is 10. The molecular formula is C26H24N5O8P. The molecule has 206 valence electrons. The summed E-state index contributed by atoms with van der Waals surface area (Å²) in [6.45, 7) is -0.309. The van der Waals surface area contributed by atoms with Crippen LogP contribution in [-0.2, 0) is 18.8 Å².